The first kappa shape index (κ1) is 29.9. The highest BCUT2D eigenvalue weighted by molar-refractivity contribution is 5.90. The van der Waals surface area contributed by atoms with Gasteiger partial charge in [0.2, 0.25) is 5.91 Å². The van der Waals surface area contributed by atoms with Crippen LogP contribution < -0.4 is 15.2 Å². The highest BCUT2D eigenvalue weighted by Gasteiger charge is 2.43. The van der Waals surface area contributed by atoms with Gasteiger partial charge in [0.05, 0.1) is 17.0 Å². The van der Waals surface area contributed by atoms with Gasteiger partial charge in [-0.3, -0.25) is 9.69 Å². The number of nitriles is 1. The summed E-state index contributed by atoms with van der Waals surface area (Å²) in [6, 6.07) is 37.3. The zero-order valence-corrected chi connectivity index (χ0v) is 24.9. The molecule has 4 aromatic rings. The predicted octanol–water partition coefficient (Wildman–Crippen LogP) is 6.62. The van der Waals surface area contributed by atoms with Crippen LogP contribution in [0.2, 0.25) is 0 Å². The summed E-state index contributed by atoms with van der Waals surface area (Å²) in [5, 5.41) is 9.61. The summed E-state index contributed by atoms with van der Waals surface area (Å²) in [5.41, 5.74) is 8.46. The number of amides is 1. The number of carbonyl (C=O) groups excluding carboxylic acids is 1. The number of likely N-dealkylation sites (tertiary alicyclic amines) is 1. The normalized spacial score (nSPS) is 15.5. The Morgan fingerprint density at radius 1 is 0.884 bits per heavy atom. The lowest BCUT2D eigenvalue weighted by Gasteiger charge is -2.40. The molecule has 5 rings (SSSR count). The van der Waals surface area contributed by atoms with Gasteiger partial charge in [0.15, 0.2) is 0 Å². The average Bonchev–Trinajstić information content (AvgIpc) is 3.51. The molecule has 1 atom stereocenters. The van der Waals surface area contributed by atoms with E-state index in [2.05, 4.69) is 24.8 Å². The van der Waals surface area contributed by atoms with E-state index >= 15 is 0 Å². The van der Waals surface area contributed by atoms with Crippen LogP contribution in [0.25, 0.3) is 0 Å². The molecule has 2 N–H and O–H groups in total. The number of primary amides is 1. The summed E-state index contributed by atoms with van der Waals surface area (Å²) >= 11 is 0. The van der Waals surface area contributed by atoms with E-state index in [1.807, 2.05) is 97.1 Å². The molecule has 0 radical (unpaired) electrons. The fraction of sp³-hybridized carbons (Fsp3) is 0.297. The Morgan fingerprint density at radius 2 is 1.47 bits per heavy atom. The molecule has 1 aliphatic rings. The van der Waals surface area contributed by atoms with Crippen molar-refractivity contribution in [3.63, 3.8) is 0 Å². The van der Waals surface area contributed by atoms with E-state index in [0.29, 0.717) is 30.1 Å². The molecule has 6 nitrogen and oxygen atoms in total. The smallest absolute Gasteiger partial charge is 0.232 e. The molecular formula is C37H39N3O3. The predicted molar refractivity (Wildman–Crippen MR) is 169 cm³/mol. The number of nitrogens with zero attached hydrogens (tertiary/aromatic N) is 2. The quantitative estimate of drug-likeness (QED) is 0.206. The number of hydrogen-bond donors (Lipinski definition) is 1. The molecule has 0 saturated carbocycles. The van der Waals surface area contributed by atoms with Crippen molar-refractivity contribution in [3.8, 4) is 17.6 Å². The molecule has 6 heteroatoms. The molecule has 1 saturated heterocycles. The molecule has 43 heavy (non-hydrogen) atoms. The molecule has 0 bridgehead atoms. The molecule has 0 unspecified atom stereocenters. The van der Waals surface area contributed by atoms with Crippen LogP contribution in [0.15, 0.2) is 109 Å². The molecule has 220 valence electrons. The second-order valence-electron chi connectivity index (χ2n) is 11.9. The lowest BCUT2D eigenvalue weighted by atomic mass is 9.69. The molecule has 1 fully saturated rings. The highest BCUT2D eigenvalue weighted by atomic mass is 16.5. The lowest BCUT2D eigenvalue weighted by molar-refractivity contribution is -0.122. The third-order valence-corrected chi connectivity index (χ3v) is 8.63. The van der Waals surface area contributed by atoms with Crippen molar-refractivity contribution in [3.05, 3.63) is 131 Å². The highest BCUT2D eigenvalue weighted by Crippen LogP contribution is 2.40. The fourth-order valence-electron chi connectivity index (χ4n) is 6.06. The van der Waals surface area contributed by atoms with Crippen LogP contribution in [0, 0.1) is 11.3 Å². The maximum atomic E-state index is 13.3. The molecule has 1 amide bonds. The second kappa shape index (κ2) is 13.1. The first-order valence-electron chi connectivity index (χ1n) is 14.8. The minimum Gasteiger partial charge on any atom is -0.489 e. The zero-order chi connectivity index (χ0) is 30.3. The van der Waals surface area contributed by atoms with E-state index in [1.165, 1.54) is 0 Å². The molecule has 0 aliphatic carbocycles. The number of hydrogen-bond acceptors (Lipinski definition) is 5. The van der Waals surface area contributed by atoms with Crippen LogP contribution >= 0.6 is 0 Å². The van der Waals surface area contributed by atoms with E-state index in [0.717, 1.165) is 42.6 Å². The summed E-state index contributed by atoms with van der Waals surface area (Å²) in [4.78, 5) is 15.7. The van der Waals surface area contributed by atoms with Gasteiger partial charge in [-0.2, -0.15) is 5.26 Å². The first-order valence-corrected chi connectivity index (χ1v) is 14.8. The van der Waals surface area contributed by atoms with Crippen LogP contribution in [0.3, 0.4) is 0 Å². The standard InChI is InChI=1S/C37H39N3O3/c1-36(2,19-20-37(35(39)41,30-14-8-4-9-15-30)31-16-10-5-11-17-31)40-21-18-32(26-40)43-34-23-29(25-38)22-33(24-34)42-27-28-12-6-3-7-13-28/h3-17,22-24,32H,18-21,26-27H2,1-2H3,(H2,39,41)/t32-/m0/s1. The van der Waals surface area contributed by atoms with Crippen molar-refractivity contribution in [2.24, 2.45) is 5.73 Å². The minimum absolute atomic E-state index is 0.0284. The summed E-state index contributed by atoms with van der Waals surface area (Å²) in [7, 11) is 0. The van der Waals surface area contributed by atoms with Gasteiger partial charge in [-0.15, -0.1) is 0 Å². The molecule has 1 heterocycles. The van der Waals surface area contributed by atoms with Crippen LogP contribution in [-0.4, -0.2) is 35.5 Å². The Bertz CT molecular complexity index is 1510. The van der Waals surface area contributed by atoms with Crippen molar-refractivity contribution in [1.82, 2.24) is 4.90 Å². The van der Waals surface area contributed by atoms with Crippen molar-refractivity contribution in [2.45, 2.75) is 56.8 Å². The first-order chi connectivity index (χ1) is 20.8. The number of benzene rings is 4. The maximum Gasteiger partial charge on any atom is 0.232 e. The molecule has 1 aliphatic heterocycles. The monoisotopic (exact) mass is 573 g/mol. The van der Waals surface area contributed by atoms with Gasteiger partial charge in [0.25, 0.3) is 0 Å². The van der Waals surface area contributed by atoms with Gasteiger partial charge in [0.1, 0.15) is 24.2 Å². The third kappa shape index (κ3) is 6.90. The Kier molecular flexibility index (Phi) is 9.13. The largest absolute Gasteiger partial charge is 0.489 e. The van der Waals surface area contributed by atoms with Crippen molar-refractivity contribution in [1.29, 1.82) is 5.26 Å². The lowest BCUT2D eigenvalue weighted by Crippen LogP contribution is -2.47. The Labute approximate surface area is 254 Å². The van der Waals surface area contributed by atoms with Crippen LogP contribution in [0.5, 0.6) is 11.5 Å². The zero-order valence-electron chi connectivity index (χ0n) is 24.9. The van der Waals surface area contributed by atoms with E-state index in [9.17, 15) is 10.1 Å². The van der Waals surface area contributed by atoms with Gasteiger partial charge in [-0.05, 0) is 61.9 Å². The van der Waals surface area contributed by atoms with E-state index in [4.69, 9.17) is 15.2 Å². The number of ether oxygens (including phenoxy) is 2. The fourth-order valence-corrected chi connectivity index (χ4v) is 6.06. The molecular weight excluding hydrogens is 534 g/mol. The van der Waals surface area contributed by atoms with Gasteiger partial charge >= 0.3 is 0 Å². The maximum absolute atomic E-state index is 13.3. The van der Waals surface area contributed by atoms with Gasteiger partial charge < -0.3 is 15.2 Å². The molecule has 0 aromatic heterocycles. The van der Waals surface area contributed by atoms with E-state index in [1.54, 1.807) is 12.1 Å². The Hall–Kier alpha value is -4.60. The average molecular weight is 574 g/mol. The summed E-state index contributed by atoms with van der Waals surface area (Å²) < 4.78 is 12.4. The summed E-state index contributed by atoms with van der Waals surface area (Å²) in [6.45, 7) is 6.47. The minimum atomic E-state index is -0.927. The second-order valence-corrected chi connectivity index (χ2v) is 11.9. The Balaban J connectivity index is 1.27. The van der Waals surface area contributed by atoms with Gasteiger partial charge in [-0.25, -0.2) is 0 Å². The van der Waals surface area contributed by atoms with Crippen LogP contribution in [-0.2, 0) is 16.8 Å². The summed E-state index contributed by atoms with van der Waals surface area (Å²) in [5.74, 6) is 0.899. The SMILES string of the molecule is CC(C)(CCC(C(N)=O)(c1ccccc1)c1ccccc1)N1CC[C@H](Oc2cc(C#N)cc(OCc3ccccc3)c2)C1. The van der Waals surface area contributed by atoms with E-state index in [-0.39, 0.29) is 17.6 Å². The van der Waals surface area contributed by atoms with Crippen molar-refractivity contribution >= 4 is 5.91 Å². The molecule has 4 aromatic carbocycles. The topological polar surface area (TPSA) is 88.6 Å². The Morgan fingerprint density at radius 3 is 2.05 bits per heavy atom. The molecule has 0 spiro atoms. The van der Waals surface area contributed by atoms with Crippen molar-refractivity contribution in [2.75, 3.05) is 13.1 Å². The third-order valence-electron chi connectivity index (χ3n) is 8.63. The number of carbonyl (C=O) groups is 1. The number of nitrogens with two attached hydrogens (primary N) is 1. The summed E-state index contributed by atoms with van der Waals surface area (Å²) in [6.07, 6.45) is 2.17. The van der Waals surface area contributed by atoms with Gasteiger partial charge in [0, 0.05) is 24.7 Å². The van der Waals surface area contributed by atoms with Crippen LogP contribution in [0.1, 0.15) is 55.4 Å². The number of rotatable bonds is 12. The van der Waals surface area contributed by atoms with E-state index < -0.39 is 5.41 Å². The van der Waals surface area contributed by atoms with Crippen molar-refractivity contribution < 1.29 is 14.3 Å². The van der Waals surface area contributed by atoms with Gasteiger partial charge in [-0.1, -0.05) is 91.0 Å². The van der Waals surface area contributed by atoms with Crippen LogP contribution in [0.4, 0.5) is 0 Å².